The number of rotatable bonds is 4. The van der Waals surface area contributed by atoms with Crippen molar-refractivity contribution in [1.82, 2.24) is 24.3 Å². The van der Waals surface area contributed by atoms with Gasteiger partial charge in [-0.3, -0.25) is 0 Å². The third kappa shape index (κ3) is 3.79. The van der Waals surface area contributed by atoms with Crippen molar-refractivity contribution >= 4 is 40.8 Å². The molecule has 3 rings (SSSR count). The van der Waals surface area contributed by atoms with Gasteiger partial charge >= 0.3 is 0 Å². The Bertz CT molecular complexity index is 619. The van der Waals surface area contributed by atoms with Gasteiger partial charge in [-0.1, -0.05) is 6.92 Å². The molecule has 1 fully saturated rings. The molecule has 10 heteroatoms. The SMILES string of the molecule is CCc1nsc(Sc2nc(Cl)nc(N3CCOCC3)n2)n1. The molecular weight excluding hydrogens is 332 g/mol. The Morgan fingerprint density at radius 3 is 2.76 bits per heavy atom. The van der Waals surface area contributed by atoms with Crippen molar-refractivity contribution in [2.24, 2.45) is 0 Å². The van der Waals surface area contributed by atoms with E-state index in [9.17, 15) is 0 Å². The van der Waals surface area contributed by atoms with Gasteiger partial charge in [0.05, 0.1) is 13.2 Å². The lowest BCUT2D eigenvalue weighted by Crippen LogP contribution is -2.37. The zero-order valence-electron chi connectivity index (χ0n) is 11.3. The van der Waals surface area contributed by atoms with Crippen molar-refractivity contribution < 1.29 is 4.74 Å². The minimum Gasteiger partial charge on any atom is -0.378 e. The Morgan fingerprint density at radius 2 is 2.05 bits per heavy atom. The van der Waals surface area contributed by atoms with Crippen LogP contribution in [0.5, 0.6) is 0 Å². The molecule has 0 atom stereocenters. The van der Waals surface area contributed by atoms with Crippen LogP contribution in [-0.4, -0.2) is 50.6 Å². The van der Waals surface area contributed by atoms with Gasteiger partial charge in [0.25, 0.3) is 0 Å². The molecule has 1 aliphatic heterocycles. The molecule has 0 aromatic carbocycles. The fraction of sp³-hybridized carbons (Fsp3) is 0.545. The Balaban J connectivity index is 1.79. The predicted molar refractivity (Wildman–Crippen MR) is 81.3 cm³/mol. The zero-order valence-corrected chi connectivity index (χ0v) is 13.7. The van der Waals surface area contributed by atoms with Gasteiger partial charge in [0.15, 0.2) is 4.34 Å². The van der Waals surface area contributed by atoms with Gasteiger partial charge in [-0.15, -0.1) is 0 Å². The van der Waals surface area contributed by atoms with Crippen LogP contribution in [0.15, 0.2) is 9.50 Å². The number of morpholine rings is 1. The summed E-state index contributed by atoms with van der Waals surface area (Å²) >= 11 is 8.70. The summed E-state index contributed by atoms with van der Waals surface area (Å²) in [4.78, 5) is 19.2. The van der Waals surface area contributed by atoms with Crippen LogP contribution >= 0.6 is 34.9 Å². The van der Waals surface area contributed by atoms with E-state index in [1.165, 1.54) is 23.3 Å². The van der Waals surface area contributed by atoms with E-state index in [0.29, 0.717) is 24.3 Å². The molecule has 3 heterocycles. The van der Waals surface area contributed by atoms with Gasteiger partial charge < -0.3 is 9.64 Å². The minimum atomic E-state index is 0.189. The Morgan fingerprint density at radius 1 is 1.24 bits per heavy atom. The van der Waals surface area contributed by atoms with Crippen molar-refractivity contribution in [1.29, 1.82) is 0 Å². The number of aromatic nitrogens is 5. The van der Waals surface area contributed by atoms with Crippen molar-refractivity contribution in [3.8, 4) is 0 Å². The lowest BCUT2D eigenvalue weighted by atomic mass is 10.4. The van der Waals surface area contributed by atoms with Gasteiger partial charge in [-0.05, 0) is 34.9 Å². The van der Waals surface area contributed by atoms with Crippen LogP contribution in [0.2, 0.25) is 5.28 Å². The quantitative estimate of drug-likeness (QED) is 0.832. The highest BCUT2D eigenvalue weighted by Gasteiger charge is 2.17. The summed E-state index contributed by atoms with van der Waals surface area (Å²) < 4.78 is 10.4. The Kier molecular flexibility index (Phi) is 4.84. The highest BCUT2D eigenvalue weighted by atomic mass is 35.5. The average Bonchev–Trinajstić information content (AvgIpc) is 2.95. The Labute approximate surface area is 135 Å². The maximum atomic E-state index is 6.00. The number of hydrogen-bond donors (Lipinski definition) is 0. The van der Waals surface area contributed by atoms with E-state index in [2.05, 4.69) is 24.3 Å². The monoisotopic (exact) mass is 344 g/mol. The van der Waals surface area contributed by atoms with E-state index in [1.54, 1.807) is 0 Å². The Hall–Kier alpha value is -1.03. The first kappa shape index (κ1) is 14.9. The number of ether oxygens (including phenoxy) is 1. The maximum Gasteiger partial charge on any atom is 0.230 e. The molecule has 0 bridgehead atoms. The summed E-state index contributed by atoms with van der Waals surface area (Å²) in [5, 5.41) is 0.726. The molecule has 0 unspecified atom stereocenters. The fourth-order valence-electron chi connectivity index (χ4n) is 1.77. The normalized spacial score (nSPS) is 15.4. The van der Waals surface area contributed by atoms with Gasteiger partial charge in [-0.25, -0.2) is 4.98 Å². The van der Waals surface area contributed by atoms with E-state index in [4.69, 9.17) is 16.3 Å². The van der Waals surface area contributed by atoms with Gasteiger partial charge in [0, 0.05) is 19.5 Å². The molecule has 0 spiro atoms. The van der Waals surface area contributed by atoms with Crippen LogP contribution < -0.4 is 4.90 Å². The highest BCUT2D eigenvalue weighted by molar-refractivity contribution is 8.00. The minimum absolute atomic E-state index is 0.189. The molecule has 2 aromatic heterocycles. The molecule has 0 amide bonds. The van der Waals surface area contributed by atoms with Gasteiger partial charge in [-0.2, -0.15) is 19.3 Å². The fourth-order valence-corrected chi connectivity index (χ4v) is 3.53. The summed E-state index contributed by atoms with van der Waals surface area (Å²) in [6, 6.07) is 0. The molecule has 7 nitrogen and oxygen atoms in total. The molecule has 0 saturated carbocycles. The smallest absolute Gasteiger partial charge is 0.230 e. The van der Waals surface area contributed by atoms with Crippen molar-refractivity contribution in [3.05, 3.63) is 11.1 Å². The van der Waals surface area contributed by atoms with E-state index in [-0.39, 0.29) is 5.28 Å². The summed E-state index contributed by atoms with van der Waals surface area (Å²) in [5.41, 5.74) is 0. The van der Waals surface area contributed by atoms with Gasteiger partial charge in [0.2, 0.25) is 16.4 Å². The van der Waals surface area contributed by atoms with Crippen molar-refractivity contribution in [2.75, 3.05) is 31.2 Å². The second-order valence-corrected chi connectivity index (χ2v) is 6.52. The molecule has 112 valence electrons. The molecule has 1 saturated heterocycles. The molecule has 0 N–H and O–H groups in total. The number of nitrogens with zero attached hydrogens (tertiary/aromatic N) is 6. The van der Waals surface area contributed by atoms with Crippen LogP contribution in [0, 0.1) is 0 Å². The van der Waals surface area contributed by atoms with Crippen LogP contribution in [0.3, 0.4) is 0 Å². The summed E-state index contributed by atoms with van der Waals surface area (Å²) in [6.45, 7) is 4.86. The van der Waals surface area contributed by atoms with E-state index in [0.717, 1.165) is 29.7 Å². The standard InChI is InChI=1S/C11H13ClN6OS2/c1-2-7-13-11(21-17-7)20-10-15-8(12)14-9(16-10)18-3-5-19-6-4-18/h2-6H2,1H3. The first-order chi connectivity index (χ1) is 10.2. The lowest BCUT2D eigenvalue weighted by Gasteiger charge is -2.26. The predicted octanol–water partition coefficient (Wildman–Crippen LogP) is 1.93. The zero-order chi connectivity index (χ0) is 14.7. The topological polar surface area (TPSA) is 76.9 Å². The van der Waals surface area contributed by atoms with Crippen LogP contribution in [0.4, 0.5) is 5.95 Å². The summed E-state index contributed by atoms with van der Waals surface area (Å²) in [5.74, 6) is 1.41. The van der Waals surface area contributed by atoms with Crippen LogP contribution in [0.25, 0.3) is 0 Å². The second kappa shape index (κ2) is 6.82. The lowest BCUT2D eigenvalue weighted by molar-refractivity contribution is 0.122. The van der Waals surface area contributed by atoms with Crippen molar-refractivity contribution in [3.63, 3.8) is 0 Å². The highest BCUT2D eigenvalue weighted by Crippen LogP contribution is 2.28. The molecule has 21 heavy (non-hydrogen) atoms. The van der Waals surface area contributed by atoms with E-state index >= 15 is 0 Å². The van der Waals surface area contributed by atoms with E-state index < -0.39 is 0 Å². The average molecular weight is 345 g/mol. The molecule has 0 radical (unpaired) electrons. The molecule has 0 aliphatic carbocycles. The molecule has 1 aliphatic rings. The number of aryl methyl sites for hydroxylation is 1. The third-order valence-corrected chi connectivity index (χ3v) is 4.64. The maximum absolute atomic E-state index is 6.00. The summed E-state index contributed by atoms with van der Waals surface area (Å²) in [7, 11) is 0. The second-order valence-electron chi connectivity index (χ2n) is 4.22. The first-order valence-electron chi connectivity index (χ1n) is 6.49. The van der Waals surface area contributed by atoms with Gasteiger partial charge in [0.1, 0.15) is 5.82 Å². The molecular formula is C11H13ClN6OS2. The van der Waals surface area contributed by atoms with Crippen LogP contribution in [0.1, 0.15) is 12.7 Å². The van der Waals surface area contributed by atoms with E-state index in [1.807, 2.05) is 11.8 Å². The molecule has 2 aromatic rings. The number of anilines is 1. The van der Waals surface area contributed by atoms with Crippen molar-refractivity contribution in [2.45, 2.75) is 22.8 Å². The largest absolute Gasteiger partial charge is 0.378 e. The third-order valence-electron chi connectivity index (χ3n) is 2.81. The number of halogens is 1. The first-order valence-corrected chi connectivity index (χ1v) is 8.46. The number of hydrogen-bond acceptors (Lipinski definition) is 9. The summed E-state index contributed by atoms with van der Waals surface area (Å²) in [6.07, 6.45) is 0.814. The van der Waals surface area contributed by atoms with Crippen LogP contribution in [-0.2, 0) is 11.2 Å².